The molecule has 2 unspecified atom stereocenters. The van der Waals surface area contributed by atoms with Crippen molar-refractivity contribution in [3.63, 3.8) is 0 Å². The number of carboxylic acid groups (broad SMARTS) is 1. The number of nitro benzene ring substituents is 1. The number of anilines is 1. The number of benzene rings is 1. The second-order valence-electron chi connectivity index (χ2n) is 5.14. The molecule has 1 fully saturated rings. The van der Waals surface area contributed by atoms with Crippen LogP contribution in [-0.4, -0.2) is 22.0 Å². The van der Waals surface area contributed by atoms with Crippen molar-refractivity contribution in [2.24, 2.45) is 5.92 Å². The molecule has 2 N–H and O–H groups in total. The lowest BCUT2D eigenvalue weighted by atomic mass is 9.85. The molecule has 2 rings (SSSR count). The number of aliphatic carboxylic acids is 1. The van der Waals surface area contributed by atoms with Gasteiger partial charge in [-0.15, -0.1) is 0 Å². The van der Waals surface area contributed by atoms with E-state index in [-0.39, 0.29) is 23.2 Å². The van der Waals surface area contributed by atoms with Crippen LogP contribution in [0.15, 0.2) is 18.2 Å². The van der Waals surface area contributed by atoms with Crippen molar-refractivity contribution >= 4 is 17.3 Å². The molecule has 0 spiro atoms. The Morgan fingerprint density at radius 1 is 1.48 bits per heavy atom. The van der Waals surface area contributed by atoms with E-state index in [2.05, 4.69) is 5.32 Å². The number of carbonyl (C=O) groups is 1. The van der Waals surface area contributed by atoms with Crippen LogP contribution < -0.4 is 5.32 Å². The number of nitrogens with one attached hydrogen (secondary N) is 1. The van der Waals surface area contributed by atoms with Crippen molar-refractivity contribution in [3.05, 3.63) is 33.9 Å². The molecule has 0 amide bonds. The molecular formula is C14H15N3O4. The third kappa shape index (κ3) is 3.48. The number of nitriles is 1. The molecule has 0 heterocycles. The van der Waals surface area contributed by atoms with Crippen molar-refractivity contribution in [1.82, 2.24) is 0 Å². The highest BCUT2D eigenvalue weighted by Gasteiger charge is 2.27. The van der Waals surface area contributed by atoms with Crippen molar-refractivity contribution < 1.29 is 14.8 Å². The molecule has 1 aliphatic carbocycles. The predicted octanol–water partition coefficient (Wildman–Crippen LogP) is 2.52. The van der Waals surface area contributed by atoms with E-state index >= 15 is 0 Å². The van der Waals surface area contributed by atoms with Crippen molar-refractivity contribution in [1.29, 1.82) is 5.26 Å². The van der Waals surface area contributed by atoms with E-state index in [4.69, 9.17) is 10.4 Å². The standard InChI is InChI=1S/C14H15N3O4/c15-8-10-7-12(4-5-13(10)17(20)21)16-11-3-1-2-9(6-11)14(18)19/h4-5,7,9,11,16H,1-3,6H2,(H,18,19). The zero-order valence-electron chi connectivity index (χ0n) is 11.3. The van der Waals surface area contributed by atoms with Gasteiger partial charge in [0.2, 0.25) is 0 Å². The minimum Gasteiger partial charge on any atom is -0.481 e. The first-order valence-corrected chi connectivity index (χ1v) is 6.69. The number of hydrogen-bond donors (Lipinski definition) is 2. The third-order valence-corrected chi connectivity index (χ3v) is 3.71. The molecule has 0 aliphatic heterocycles. The zero-order chi connectivity index (χ0) is 15.4. The van der Waals surface area contributed by atoms with E-state index < -0.39 is 10.9 Å². The van der Waals surface area contributed by atoms with Crippen LogP contribution in [0.5, 0.6) is 0 Å². The van der Waals surface area contributed by atoms with Gasteiger partial charge in [0.05, 0.1) is 10.8 Å². The third-order valence-electron chi connectivity index (χ3n) is 3.71. The maximum atomic E-state index is 11.0. The molecule has 7 heteroatoms. The summed E-state index contributed by atoms with van der Waals surface area (Å²) in [6.07, 6.45) is 2.88. The highest BCUT2D eigenvalue weighted by molar-refractivity contribution is 5.70. The Morgan fingerprint density at radius 2 is 2.24 bits per heavy atom. The Balaban J connectivity index is 2.11. The lowest BCUT2D eigenvalue weighted by Crippen LogP contribution is -2.30. The van der Waals surface area contributed by atoms with Gasteiger partial charge in [-0.25, -0.2) is 0 Å². The van der Waals surface area contributed by atoms with Gasteiger partial charge in [-0.2, -0.15) is 5.26 Å². The fourth-order valence-electron chi connectivity index (χ4n) is 2.66. The van der Waals surface area contributed by atoms with Crippen molar-refractivity contribution in [2.45, 2.75) is 31.7 Å². The quantitative estimate of drug-likeness (QED) is 0.649. The maximum Gasteiger partial charge on any atom is 0.306 e. The Morgan fingerprint density at radius 3 is 2.86 bits per heavy atom. The fraction of sp³-hybridized carbons (Fsp3) is 0.429. The Hall–Kier alpha value is -2.62. The van der Waals surface area contributed by atoms with E-state index in [0.717, 1.165) is 12.8 Å². The number of rotatable bonds is 4. The van der Waals surface area contributed by atoms with Crippen LogP contribution in [0, 0.1) is 27.4 Å². The van der Waals surface area contributed by atoms with E-state index in [1.807, 2.05) is 0 Å². The van der Waals surface area contributed by atoms with Crippen LogP contribution in [0.25, 0.3) is 0 Å². The van der Waals surface area contributed by atoms with Gasteiger partial charge in [0.15, 0.2) is 0 Å². The van der Waals surface area contributed by atoms with Crippen LogP contribution in [0.4, 0.5) is 11.4 Å². The number of carboxylic acids is 1. The van der Waals surface area contributed by atoms with E-state index in [1.165, 1.54) is 12.1 Å². The number of nitro groups is 1. The SMILES string of the molecule is N#Cc1cc(NC2CCCC(C(=O)O)C2)ccc1[N+](=O)[O-]. The van der Waals surface area contributed by atoms with Gasteiger partial charge in [0.1, 0.15) is 11.6 Å². The van der Waals surface area contributed by atoms with Crippen molar-refractivity contribution in [2.75, 3.05) is 5.32 Å². The summed E-state index contributed by atoms with van der Waals surface area (Å²) in [5, 5.41) is 31.9. The number of hydrogen-bond acceptors (Lipinski definition) is 5. The van der Waals surface area contributed by atoms with Gasteiger partial charge in [-0.1, -0.05) is 6.42 Å². The molecule has 1 aromatic carbocycles. The smallest absolute Gasteiger partial charge is 0.306 e. The summed E-state index contributed by atoms with van der Waals surface area (Å²) in [6, 6.07) is 6.08. The first-order valence-electron chi connectivity index (χ1n) is 6.69. The summed E-state index contributed by atoms with van der Waals surface area (Å²) in [5.41, 5.74) is 0.374. The summed E-state index contributed by atoms with van der Waals surface area (Å²) >= 11 is 0. The second kappa shape index (κ2) is 6.22. The van der Waals surface area contributed by atoms with Crippen LogP contribution >= 0.6 is 0 Å². The van der Waals surface area contributed by atoms with Gasteiger partial charge in [-0.05, 0) is 31.4 Å². The van der Waals surface area contributed by atoms with E-state index in [0.29, 0.717) is 18.5 Å². The average molecular weight is 289 g/mol. The molecule has 1 aliphatic rings. The lowest BCUT2D eigenvalue weighted by Gasteiger charge is -2.28. The highest BCUT2D eigenvalue weighted by atomic mass is 16.6. The summed E-state index contributed by atoms with van der Waals surface area (Å²) < 4.78 is 0. The molecular weight excluding hydrogens is 274 g/mol. The normalized spacial score (nSPS) is 21.3. The summed E-state index contributed by atoms with van der Waals surface area (Å²) in [7, 11) is 0. The molecule has 2 atom stereocenters. The van der Waals surface area contributed by atoms with Gasteiger partial charge in [-0.3, -0.25) is 14.9 Å². The second-order valence-corrected chi connectivity index (χ2v) is 5.14. The largest absolute Gasteiger partial charge is 0.481 e. The van der Waals surface area contributed by atoms with Gasteiger partial charge < -0.3 is 10.4 Å². The monoisotopic (exact) mass is 289 g/mol. The Labute approximate surface area is 121 Å². The molecule has 0 saturated heterocycles. The Bertz CT molecular complexity index is 609. The van der Waals surface area contributed by atoms with Crippen LogP contribution in [-0.2, 0) is 4.79 Å². The van der Waals surface area contributed by atoms with Gasteiger partial charge in [0, 0.05) is 17.8 Å². The van der Waals surface area contributed by atoms with Gasteiger partial charge >= 0.3 is 5.97 Å². The summed E-state index contributed by atoms with van der Waals surface area (Å²) in [4.78, 5) is 21.2. The maximum absolute atomic E-state index is 11.0. The lowest BCUT2D eigenvalue weighted by molar-refractivity contribution is -0.385. The van der Waals surface area contributed by atoms with E-state index in [9.17, 15) is 14.9 Å². The summed E-state index contributed by atoms with van der Waals surface area (Å²) in [5.74, 6) is -1.15. The molecule has 110 valence electrons. The van der Waals surface area contributed by atoms with Gasteiger partial charge in [0.25, 0.3) is 5.69 Å². The predicted molar refractivity (Wildman–Crippen MR) is 74.8 cm³/mol. The first kappa shape index (κ1) is 14.8. The first-order chi connectivity index (χ1) is 10.0. The topological polar surface area (TPSA) is 116 Å². The highest BCUT2D eigenvalue weighted by Crippen LogP contribution is 2.28. The van der Waals surface area contributed by atoms with Crippen LogP contribution in [0.2, 0.25) is 0 Å². The van der Waals surface area contributed by atoms with Crippen LogP contribution in [0.3, 0.4) is 0 Å². The fourth-order valence-corrected chi connectivity index (χ4v) is 2.66. The average Bonchev–Trinajstić information content (AvgIpc) is 2.47. The molecule has 1 saturated carbocycles. The molecule has 7 nitrogen and oxygen atoms in total. The number of nitrogens with zero attached hydrogens (tertiary/aromatic N) is 2. The minimum atomic E-state index is -0.789. The Kier molecular flexibility index (Phi) is 4.38. The summed E-state index contributed by atoms with van der Waals surface area (Å²) in [6.45, 7) is 0. The zero-order valence-corrected chi connectivity index (χ0v) is 11.3. The minimum absolute atomic E-state index is 0.00408. The molecule has 21 heavy (non-hydrogen) atoms. The molecule has 1 aromatic rings. The molecule has 0 aromatic heterocycles. The molecule has 0 radical (unpaired) electrons. The van der Waals surface area contributed by atoms with E-state index in [1.54, 1.807) is 12.1 Å². The molecule has 0 bridgehead atoms. The van der Waals surface area contributed by atoms with Crippen LogP contribution in [0.1, 0.15) is 31.2 Å². The van der Waals surface area contributed by atoms with Crippen molar-refractivity contribution in [3.8, 4) is 6.07 Å².